The summed E-state index contributed by atoms with van der Waals surface area (Å²) in [4.78, 5) is 0.149. The molecule has 3 heteroatoms. The van der Waals surface area contributed by atoms with Crippen LogP contribution in [0.4, 0.5) is 0 Å². The highest BCUT2D eigenvalue weighted by Gasteiger charge is 2.18. The second-order valence-electron chi connectivity index (χ2n) is 5.24. The summed E-state index contributed by atoms with van der Waals surface area (Å²) in [6.45, 7) is 8.70. The zero-order valence-electron chi connectivity index (χ0n) is 12.0. The molecule has 0 heterocycles. The van der Waals surface area contributed by atoms with E-state index in [1.165, 1.54) is 33.4 Å². The summed E-state index contributed by atoms with van der Waals surface area (Å²) >= 11 is 13.5. The molecule has 0 spiro atoms. The molecule has 20 heavy (non-hydrogen) atoms. The molecule has 0 amide bonds. The predicted octanol–water partition coefficient (Wildman–Crippen LogP) is 6.82. The number of halogens is 3. The molecule has 0 aliphatic heterocycles. The molecule has 0 N–H and O–H groups in total. The maximum absolute atomic E-state index is 6.17. The lowest BCUT2D eigenvalue weighted by Crippen LogP contribution is -2.03. The molecule has 1 unspecified atom stereocenters. The van der Waals surface area contributed by atoms with Gasteiger partial charge in [-0.05, 0) is 79.3 Å². The molecule has 0 nitrogen and oxygen atoms in total. The number of aryl methyl sites for hydroxylation is 2. The molecule has 0 saturated carbocycles. The lowest BCUT2D eigenvalue weighted by molar-refractivity contribution is 1.07. The summed E-state index contributed by atoms with van der Waals surface area (Å²) in [6, 6.07) is 8.29. The van der Waals surface area contributed by atoms with Crippen LogP contribution in [0.1, 0.15) is 38.2 Å². The Hall–Kier alpha value is -0.310. The standard InChI is InChI=1S/C17H17Br2Cl/c1-9-5-10(2)12(4)16(11(9)3)17(19)13-6-14(18)8-15(20)7-13/h5-8,17H,1-4H3. The van der Waals surface area contributed by atoms with Crippen LogP contribution in [0, 0.1) is 27.7 Å². The van der Waals surface area contributed by atoms with Gasteiger partial charge in [0.1, 0.15) is 0 Å². The van der Waals surface area contributed by atoms with Gasteiger partial charge in [-0.2, -0.15) is 0 Å². The number of alkyl halides is 1. The van der Waals surface area contributed by atoms with Crippen LogP contribution in [0.15, 0.2) is 28.7 Å². The van der Waals surface area contributed by atoms with Crippen molar-refractivity contribution in [1.82, 2.24) is 0 Å². The lowest BCUT2D eigenvalue weighted by Gasteiger charge is -2.20. The Morgan fingerprint density at radius 3 is 1.95 bits per heavy atom. The molecule has 0 aliphatic rings. The SMILES string of the molecule is Cc1cc(C)c(C)c(C(Br)c2cc(Cl)cc(Br)c2)c1C. The van der Waals surface area contributed by atoms with Gasteiger partial charge in [-0.1, -0.05) is 49.5 Å². The van der Waals surface area contributed by atoms with Gasteiger partial charge in [0.25, 0.3) is 0 Å². The molecule has 2 aromatic carbocycles. The Morgan fingerprint density at radius 1 is 0.900 bits per heavy atom. The number of benzene rings is 2. The largest absolute Gasteiger partial charge is 0.0843 e. The molecule has 0 saturated heterocycles. The van der Waals surface area contributed by atoms with E-state index in [4.69, 9.17) is 11.6 Å². The normalized spacial score (nSPS) is 12.6. The minimum atomic E-state index is 0.149. The Kier molecular flexibility index (Phi) is 4.99. The molecule has 106 valence electrons. The zero-order valence-corrected chi connectivity index (χ0v) is 15.9. The Bertz CT molecular complexity index is 616. The average Bonchev–Trinajstić information content (AvgIpc) is 2.35. The van der Waals surface area contributed by atoms with Crippen LogP contribution in [0.5, 0.6) is 0 Å². The van der Waals surface area contributed by atoms with E-state index >= 15 is 0 Å². The fourth-order valence-corrected chi connectivity index (χ4v) is 4.35. The van der Waals surface area contributed by atoms with Crippen molar-refractivity contribution in [3.63, 3.8) is 0 Å². The number of hydrogen-bond acceptors (Lipinski definition) is 0. The van der Waals surface area contributed by atoms with Crippen molar-refractivity contribution in [2.24, 2.45) is 0 Å². The van der Waals surface area contributed by atoms with Gasteiger partial charge in [0.15, 0.2) is 0 Å². The van der Waals surface area contributed by atoms with Gasteiger partial charge in [-0.15, -0.1) is 0 Å². The number of rotatable bonds is 2. The van der Waals surface area contributed by atoms with Crippen molar-refractivity contribution >= 4 is 43.5 Å². The summed E-state index contributed by atoms with van der Waals surface area (Å²) in [6.07, 6.45) is 0. The van der Waals surface area contributed by atoms with E-state index in [9.17, 15) is 0 Å². The molecule has 1 atom stereocenters. The van der Waals surface area contributed by atoms with E-state index in [-0.39, 0.29) is 4.83 Å². The highest BCUT2D eigenvalue weighted by Crippen LogP contribution is 2.39. The van der Waals surface area contributed by atoms with Crippen LogP contribution in [0.3, 0.4) is 0 Å². The van der Waals surface area contributed by atoms with Gasteiger partial charge >= 0.3 is 0 Å². The van der Waals surface area contributed by atoms with Crippen LogP contribution < -0.4 is 0 Å². The molecule has 0 bridgehead atoms. The van der Waals surface area contributed by atoms with Crippen molar-refractivity contribution in [2.75, 3.05) is 0 Å². The third kappa shape index (κ3) is 3.13. The van der Waals surface area contributed by atoms with Crippen LogP contribution in [-0.2, 0) is 0 Å². The van der Waals surface area contributed by atoms with Crippen LogP contribution >= 0.6 is 43.5 Å². The molecule has 0 fully saturated rings. The molecule has 0 aliphatic carbocycles. The van der Waals surface area contributed by atoms with Gasteiger partial charge in [0.2, 0.25) is 0 Å². The lowest BCUT2D eigenvalue weighted by atomic mass is 9.90. The van der Waals surface area contributed by atoms with Crippen LogP contribution in [0.2, 0.25) is 5.02 Å². The molecular formula is C17H17Br2Cl. The van der Waals surface area contributed by atoms with Crippen molar-refractivity contribution < 1.29 is 0 Å². The van der Waals surface area contributed by atoms with Crippen molar-refractivity contribution in [2.45, 2.75) is 32.5 Å². The van der Waals surface area contributed by atoms with Crippen molar-refractivity contribution in [3.05, 3.63) is 67.1 Å². The van der Waals surface area contributed by atoms with Crippen molar-refractivity contribution in [1.29, 1.82) is 0 Å². The minimum Gasteiger partial charge on any atom is -0.0843 e. The van der Waals surface area contributed by atoms with Gasteiger partial charge in [0.05, 0.1) is 4.83 Å². The Labute approximate surface area is 142 Å². The van der Waals surface area contributed by atoms with Gasteiger partial charge in [0, 0.05) is 9.50 Å². The maximum atomic E-state index is 6.17. The molecule has 2 rings (SSSR count). The fraction of sp³-hybridized carbons (Fsp3) is 0.294. The third-order valence-electron chi connectivity index (χ3n) is 3.86. The van der Waals surface area contributed by atoms with E-state index in [0.29, 0.717) is 0 Å². The first kappa shape index (κ1) is 16.1. The first-order valence-corrected chi connectivity index (χ1v) is 8.57. The van der Waals surface area contributed by atoms with Crippen LogP contribution in [0.25, 0.3) is 0 Å². The van der Waals surface area contributed by atoms with Crippen molar-refractivity contribution in [3.8, 4) is 0 Å². The summed E-state index contributed by atoms with van der Waals surface area (Å²) in [5.74, 6) is 0. The Morgan fingerprint density at radius 2 is 1.45 bits per heavy atom. The van der Waals surface area contributed by atoms with Gasteiger partial charge < -0.3 is 0 Å². The summed E-state index contributed by atoms with van der Waals surface area (Å²) < 4.78 is 1.00. The van der Waals surface area contributed by atoms with E-state index in [1.807, 2.05) is 12.1 Å². The summed E-state index contributed by atoms with van der Waals surface area (Å²) in [5.41, 5.74) is 7.84. The zero-order chi connectivity index (χ0) is 15.0. The van der Waals surface area contributed by atoms with Gasteiger partial charge in [-0.3, -0.25) is 0 Å². The average molecular weight is 417 g/mol. The molecular weight excluding hydrogens is 399 g/mol. The smallest absolute Gasteiger partial charge is 0.0650 e. The first-order valence-electron chi connectivity index (χ1n) is 6.48. The van der Waals surface area contributed by atoms with Crippen LogP contribution in [-0.4, -0.2) is 0 Å². The molecule has 0 aromatic heterocycles. The summed E-state index contributed by atoms with van der Waals surface area (Å²) in [7, 11) is 0. The second-order valence-corrected chi connectivity index (χ2v) is 7.51. The second kappa shape index (κ2) is 6.21. The van der Waals surface area contributed by atoms with E-state index in [2.05, 4.69) is 71.7 Å². The van der Waals surface area contributed by atoms with Gasteiger partial charge in [-0.25, -0.2) is 0 Å². The Balaban J connectivity index is 2.61. The topological polar surface area (TPSA) is 0 Å². The fourth-order valence-electron chi connectivity index (χ4n) is 2.52. The molecule has 0 radical (unpaired) electrons. The minimum absolute atomic E-state index is 0.149. The first-order chi connectivity index (χ1) is 9.31. The highest BCUT2D eigenvalue weighted by molar-refractivity contribution is 9.10. The molecule has 2 aromatic rings. The van der Waals surface area contributed by atoms with E-state index < -0.39 is 0 Å². The maximum Gasteiger partial charge on any atom is 0.0650 e. The third-order valence-corrected chi connectivity index (χ3v) is 5.52. The van der Waals surface area contributed by atoms with E-state index in [0.717, 1.165) is 9.50 Å². The monoisotopic (exact) mass is 414 g/mol. The number of hydrogen-bond donors (Lipinski definition) is 0. The summed E-state index contributed by atoms with van der Waals surface area (Å²) in [5, 5.41) is 0.749. The van der Waals surface area contributed by atoms with E-state index in [1.54, 1.807) is 0 Å². The quantitative estimate of drug-likeness (QED) is 0.471. The predicted molar refractivity (Wildman–Crippen MR) is 95.3 cm³/mol. The highest BCUT2D eigenvalue weighted by atomic mass is 79.9.